The van der Waals surface area contributed by atoms with Gasteiger partial charge in [0.05, 0.1) is 6.04 Å². The van der Waals surface area contributed by atoms with E-state index >= 15 is 0 Å². The van der Waals surface area contributed by atoms with Gasteiger partial charge < -0.3 is 32.5 Å². The molecule has 0 aliphatic rings. The molecule has 11 nitrogen and oxygen atoms in total. The molecule has 0 rings (SSSR count). The molecular weight excluding hydrogens is 478 g/mol. The Morgan fingerprint density at radius 1 is 0.844 bits per heavy atom. The highest BCUT2D eigenvalue weighted by Gasteiger charge is 2.29. The van der Waals surface area contributed by atoms with E-state index in [9.17, 15) is 29.1 Å². The first-order valence-corrected chi connectivity index (χ1v) is 13.3. The second-order valence-electron chi connectivity index (χ2n) is 6.88. The summed E-state index contributed by atoms with van der Waals surface area (Å²) in [4.78, 5) is 59.8. The van der Waals surface area contributed by atoms with E-state index in [0.717, 1.165) is 0 Å². The summed E-state index contributed by atoms with van der Waals surface area (Å²) in [6.45, 7) is 0. The number of hydrogen-bond acceptors (Lipinski definition) is 9. The lowest BCUT2D eigenvalue weighted by atomic mass is 10.1. The fourth-order valence-electron chi connectivity index (χ4n) is 2.44. The molecule has 0 aromatic carbocycles. The number of rotatable bonds is 17. The van der Waals surface area contributed by atoms with Gasteiger partial charge in [-0.3, -0.25) is 19.2 Å². The van der Waals surface area contributed by atoms with Crippen LogP contribution in [-0.2, 0) is 24.0 Å². The topological polar surface area (TPSA) is 194 Å². The normalized spacial score (nSPS) is 14.5. The Kier molecular flexibility index (Phi) is 16.1. The quantitative estimate of drug-likeness (QED) is 0.114. The van der Waals surface area contributed by atoms with Crippen LogP contribution in [0.3, 0.4) is 0 Å². The van der Waals surface area contributed by atoms with Gasteiger partial charge in [0, 0.05) is 12.2 Å². The number of thioether (sulfide) groups is 2. The molecule has 32 heavy (non-hydrogen) atoms. The van der Waals surface area contributed by atoms with Crippen molar-refractivity contribution in [3.8, 4) is 0 Å². The van der Waals surface area contributed by atoms with Crippen molar-refractivity contribution in [3.05, 3.63) is 0 Å². The third-order valence-electron chi connectivity index (χ3n) is 4.32. The zero-order valence-electron chi connectivity index (χ0n) is 18.2. The maximum absolute atomic E-state index is 12.7. The minimum atomic E-state index is -1.16. The number of nitrogens with two attached hydrogens (primary N) is 2. The maximum Gasteiger partial charge on any atom is 0.326 e. The monoisotopic (exact) mass is 511 g/mol. The first-order chi connectivity index (χ1) is 15.1. The molecular formula is C18H33N5O6S3. The van der Waals surface area contributed by atoms with Crippen LogP contribution >= 0.6 is 36.2 Å². The summed E-state index contributed by atoms with van der Waals surface area (Å²) in [6.07, 6.45) is 4.11. The van der Waals surface area contributed by atoms with Gasteiger partial charge in [-0.15, -0.1) is 0 Å². The molecule has 0 radical (unpaired) electrons. The van der Waals surface area contributed by atoms with Crippen molar-refractivity contribution >= 4 is 65.8 Å². The summed E-state index contributed by atoms with van der Waals surface area (Å²) in [5, 5.41) is 16.8. The van der Waals surface area contributed by atoms with Crippen LogP contribution in [0.1, 0.15) is 25.7 Å². The Hall–Kier alpha value is -1.64. The van der Waals surface area contributed by atoms with Gasteiger partial charge in [0.25, 0.3) is 0 Å². The molecule has 184 valence electrons. The SMILES string of the molecule is CSCCC(NC(=O)C(CCSC)NC(=O)C(CS)NC(=O)C(N)CCC(N)=O)C(=O)O. The van der Waals surface area contributed by atoms with Gasteiger partial charge in [0.15, 0.2) is 0 Å². The van der Waals surface area contributed by atoms with Crippen molar-refractivity contribution in [2.24, 2.45) is 11.5 Å². The summed E-state index contributed by atoms with van der Waals surface area (Å²) in [6, 6.07) is -4.19. The number of primary amides is 1. The average Bonchev–Trinajstić information content (AvgIpc) is 2.74. The Labute approximate surface area is 201 Å². The van der Waals surface area contributed by atoms with E-state index in [-0.39, 0.29) is 31.4 Å². The van der Waals surface area contributed by atoms with Crippen molar-refractivity contribution in [1.29, 1.82) is 0 Å². The fraction of sp³-hybridized carbons (Fsp3) is 0.722. The van der Waals surface area contributed by atoms with Gasteiger partial charge in [-0.2, -0.15) is 36.2 Å². The number of carbonyl (C=O) groups excluding carboxylic acids is 4. The third kappa shape index (κ3) is 12.4. The highest BCUT2D eigenvalue weighted by atomic mass is 32.2. The first-order valence-electron chi connectivity index (χ1n) is 9.83. The van der Waals surface area contributed by atoms with E-state index in [1.54, 1.807) is 0 Å². The largest absolute Gasteiger partial charge is 0.480 e. The second kappa shape index (κ2) is 16.9. The van der Waals surface area contributed by atoms with Crippen LogP contribution in [-0.4, -0.2) is 88.6 Å². The Morgan fingerprint density at radius 2 is 1.31 bits per heavy atom. The van der Waals surface area contributed by atoms with Crippen LogP contribution < -0.4 is 27.4 Å². The molecule has 0 heterocycles. The van der Waals surface area contributed by atoms with Gasteiger partial charge in [-0.25, -0.2) is 4.79 Å². The van der Waals surface area contributed by atoms with E-state index in [2.05, 4.69) is 28.6 Å². The van der Waals surface area contributed by atoms with Crippen molar-refractivity contribution in [2.45, 2.75) is 49.9 Å². The number of hydrogen-bond donors (Lipinski definition) is 7. The summed E-state index contributed by atoms with van der Waals surface area (Å²) in [5.41, 5.74) is 10.7. The number of carboxylic acids is 1. The van der Waals surface area contributed by atoms with Crippen LogP contribution in [0, 0.1) is 0 Å². The molecule has 4 unspecified atom stereocenters. The van der Waals surface area contributed by atoms with Gasteiger partial charge in [-0.05, 0) is 43.3 Å². The molecule has 0 aromatic rings. The summed E-state index contributed by atoms with van der Waals surface area (Å²) < 4.78 is 0. The first kappa shape index (κ1) is 30.4. The number of nitrogens with one attached hydrogen (secondary N) is 3. The molecule has 0 fully saturated rings. The molecule has 0 saturated heterocycles. The number of carbonyl (C=O) groups is 5. The fourth-order valence-corrected chi connectivity index (χ4v) is 3.64. The highest BCUT2D eigenvalue weighted by Crippen LogP contribution is 2.06. The molecule has 8 N–H and O–H groups in total. The van der Waals surface area contributed by atoms with E-state index in [4.69, 9.17) is 11.5 Å². The lowest BCUT2D eigenvalue weighted by molar-refractivity contribution is -0.142. The Bertz CT molecular complexity index is 655. The predicted molar refractivity (Wildman–Crippen MR) is 130 cm³/mol. The van der Waals surface area contributed by atoms with Gasteiger partial charge in [-0.1, -0.05) is 0 Å². The zero-order chi connectivity index (χ0) is 24.7. The Balaban J connectivity index is 5.14. The van der Waals surface area contributed by atoms with Crippen molar-refractivity contribution < 1.29 is 29.1 Å². The van der Waals surface area contributed by atoms with Gasteiger partial charge in [0.1, 0.15) is 18.1 Å². The van der Waals surface area contributed by atoms with Gasteiger partial charge in [0.2, 0.25) is 23.6 Å². The summed E-state index contributed by atoms with van der Waals surface area (Å²) in [7, 11) is 0. The van der Waals surface area contributed by atoms with Crippen molar-refractivity contribution in [1.82, 2.24) is 16.0 Å². The summed E-state index contributed by atoms with van der Waals surface area (Å²) >= 11 is 6.99. The molecule has 0 aromatic heterocycles. The number of aliphatic carboxylic acids is 1. The number of amides is 4. The molecule has 0 saturated carbocycles. The van der Waals surface area contributed by atoms with E-state index in [1.165, 1.54) is 23.5 Å². The van der Waals surface area contributed by atoms with Crippen LogP contribution in [0.2, 0.25) is 0 Å². The minimum absolute atomic E-state index is 0.0213. The third-order valence-corrected chi connectivity index (χ3v) is 5.98. The smallest absolute Gasteiger partial charge is 0.326 e. The minimum Gasteiger partial charge on any atom is -0.480 e. The molecule has 0 aliphatic heterocycles. The average molecular weight is 512 g/mol. The van der Waals surface area contributed by atoms with Crippen LogP contribution in [0.15, 0.2) is 0 Å². The zero-order valence-corrected chi connectivity index (χ0v) is 20.7. The highest BCUT2D eigenvalue weighted by molar-refractivity contribution is 7.98. The molecule has 0 spiro atoms. The molecule has 4 atom stereocenters. The van der Waals surface area contributed by atoms with Crippen molar-refractivity contribution in [3.63, 3.8) is 0 Å². The van der Waals surface area contributed by atoms with Crippen LogP contribution in [0.4, 0.5) is 0 Å². The number of carboxylic acid groups (broad SMARTS) is 1. The molecule has 0 aliphatic carbocycles. The van der Waals surface area contributed by atoms with Crippen LogP contribution in [0.25, 0.3) is 0 Å². The van der Waals surface area contributed by atoms with Crippen LogP contribution in [0.5, 0.6) is 0 Å². The maximum atomic E-state index is 12.7. The molecule has 4 amide bonds. The lowest BCUT2D eigenvalue weighted by Crippen LogP contribution is -2.57. The second-order valence-corrected chi connectivity index (χ2v) is 9.22. The molecule has 14 heteroatoms. The Morgan fingerprint density at radius 3 is 1.78 bits per heavy atom. The van der Waals surface area contributed by atoms with Crippen molar-refractivity contribution in [2.75, 3.05) is 29.8 Å². The lowest BCUT2D eigenvalue weighted by Gasteiger charge is -2.24. The van der Waals surface area contributed by atoms with E-state index in [1.807, 2.05) is 12.5 Å². The summed E-state index contributed by atoms with van der Waals surface area (Å²) in [5.74, 6) is -2.68. The number of thiol groups is 1. The standard InChI is InChI=1S/C18H33N5O6S3/c1-31-7-5-11(16(26)22-12(18(28)29)6-8-32-2)21-17(27)13(9-30)23-15(25)10(19)3-4-14(20)24/h10-13,30H,3-9,19H2,1-2H3,(H2,20,24)(H,21,27)(H,22,26)(H,23,25)(H,28,29). The van der Waals surface area contributed by atoms with E-state index < -0.39 is 53.8 Å². The van der Waals surface area contributed by atoms with E-state index in [0.29, 0.717) is 11.5 Å². The predicted octanol–water partition coefficient (Wildman–Crippen LogP) is -1.45. The molecule has 0 bridgehead atoms. The van der Waals surface area contributed by atoms with Gasteiger partial charge >= 0.3 is 5.97 Å².